The smallest absolute Gasteiger partial charge is 0.141 e. The highest BCUT2D eigenvalue weighted by molar-refractivity contribution is 5.51. The van der Waals surface area contributed by atoms with E-state index < -0.39 is 0 Å². The van der Waals surface area contributed by atoms with Crippen molar-refractivity contribution in [2.24, 2.45) is 5.84 Å². The molecule has 0 bridgehead atoms. The summed E-state index contributed by atoms with van der Waals surface area (Å²) in [5.74, 6) is 5.98. The Hall–Kier alpha value is -1.33. The molecule has 1 aromatic heterocycles. The Balaban J connectivity index is 2.26. The monoisotopic (exact) mass is 237 g/mol. The van der Waals surface area contributed by atoms with Crippen LogP contribution in [-0.4, -0.2) is 36.1 Å². The molecule has 0 amide bonds. The van der Waals surface area contributed by atoms with Crippen LogP contribution in [0.5, 0.6) is 0 Å². The van der Waals surface area contributed by atoms with Crippen molar-refractivity contribution in [3.8, 4) is 0 Å². The molecule has 0 fully saturated rings. The summed E-state index contributed by atoms with van der Waals surface area (Å²) in [6.45, 7) is 8.72. The standard InChI is InChI=1S/C12H23N5/c1-3-17(4-2)9-5-7-14-11-6-8-15-12(10-11)16-13/h6,8,10H,3-5,7,9,13H2,1-2H3,(H2,14,15,16). The van der Waals surface area contributed by atoms with E-state index in [0.29, 0.717) is 5.82 Å². The lowest BCUT2D eigenvalue weighted by Gasteiger charge is -2.17. The highest BCUT2D eigenvalue weighted by Gasteiger charge is 1.98. The first-order valence-electron chi connectivity index (χ1n) is 6.19. The van der Waals surface area contributed by atoms with Gasteiger partial charge < -0.3 is 15.6 Å². The van der Waals surface area contributed by atoms with Gasteiger partial charge in [0.15, 0.2) is 0 Å². The molecule has 1 aromatic rings. The second kappa shape index (κ2) is 7.86. The SMILES string of the molecule is CCN(CC)CCCNc1ccnc(NN)c1. The van der Waals surface area contributed by atoms with Gasteiger partial charge in [0, 0.05) is 24.5 Å². The molecule has 5 heteroatoms. The van der Waals surface area contributed by atoms with Gasteiger partial charge in [-0.25, -0.2) is 10.8 Å². The van der Waals surface area contributed by atoms with Crippen molar-refractivity contribution in [2.75, 3.05) is 36.9 Å². The van der Waals surface area contributed by atoms with Gasteiger partial charge in [-0.1, -0.05) is 13.8 Å². The molecular weight excluding hydrogens is 214 g/mol. The van der Waals surface area contributed by atoms with Crippen molar-refractivity contribution >= 4 is 11.5 Å². The summed E-state index contributed by atoms with van der Waals surface area (Å²) in [6.07, 6.45) is 2.87. The maximum Gasteiger partial charge on any atom is 0.141 e. The number of nitrogens with two attached hydrogens (primary N) is 1. The molecule has 0 aliphatic heterocycles. The van der Waals surface area contributed by atoms with E-state index in [4.69, 9.17) is 5.84 Å². The molecule has 1 rings (SSSR count). The van der Waals surface area contributed by atoms with Crippen molar-refractivity contribution in [2.45, 2.75) is 20.3 Å². The van der Waals surface area contributed by atoms with Crippen LogP contribution in [0.2, 0.25) is 0 Å². The summed E-state index contributed by atoms with van der Waals surface area (Å²) in [7, 11) is 0. The Labute approximate surface area is 103 Å². The normalized spacial score (nSPS) is 10.6. The number of nitrogens with one attached hydrogen (secondary N) is 2. The summed E-state index contributed by atoms with van der Waals surface area (Å²) in [6, 6.07) is 3.84. The molecule has 1 heterocycles. The maximum atomic E-state index is 5.30. The van der Waals surface area contributed by atoms with E-state index in [0.717, 1.165) is 38.3 Å². The number of anilines is 2. The molecule has 0 spiro atoms. The highest BCUT2D eigenvalue weighted by atomic mass is 15.2. The van der Waals surface area contributed by atoms with Crippen LogP contribution < -0.4 is 16.6 Å². The number of hydrogen-bond donors (Lipinski definition) is 3. The Bertz CT molecular complexity index is 312. The quantitative estimate of drug-likeness (QED) is 0.363. The molecule has 4 N–H and O–H groups in total. The van der Waals surface area contributed by atoms with Gasteiger partial charge in [-0.2, -0.15) is 0 Å². The maximum absolute atomic E-state index is 5.30. The second-order valence-corrected chi connectivity index (χ2v) is 3.88. The summed E-state index contributed by atoms with van der Waals surface area (Å²) < 4.78 is 0. The fraction of sp³-hybridized carbons (Fsp3) is 0.583. The number of aromatic nitrogens is 1. The molecule has 0 aromatic carbocycles. The molecule has 0 aliphatic carbocycles. The van der Waals surface area contributed by atoms with Gasteiger partial charge in [0.2, 0.25) is 0 Å². The minimum Gasteiger partial charge on any atom is -0.385 e. The van der Waals surface area contributed by atoms with E-state index in [9.17, 15) is 0 Å². The Kier molecular flexibility index (Phi) is 6.35. The average molecular weight is 237 g/mol. The Morgan fingerprint density at radius 1 is 1.35 bits per heavy atom. The lowest BCUT2D eigenvalue weighted by atomic mass is 10.3. The number of nitrogens with zero attached hydrogens (tertiary/aromatic N) is 2. The van der Waals surface area contributed by atoms with Crippen LogP contribution in [-0.2, 0) is 0 Å². The summed E-state index contributed by atoms with van der Waals surface area (Å²) in [5, 5.41) is 3.36. The Morgan fingerprint density at radius 3 is 2.76 bits per heavy atom. The van der Waals surface area contributed by atoms with Gasteiger partial charge in [0.1, 0.15) is 5.82 Å². The van der Waals surface area contributed by atoms with Crippen molar-refractivity contribution < 1.29 is 0 Å². The zero-order valence-electron chi connectivity index (χ0n) is 10.7. The van der Waals surface area contributed by atoms with E-state index >= 15 is 0 Å². The van der Waals surface area contributed by atoms with Crippen molar-refractivity contribution in [1.82, 2.24) is 9.88 Å². The van der Waals surface area contributed by atoms with Gasteiger partial charge in [0.25, 0.3) is 0 Å². The van der Waals surface area contributed by atoms with Crippen LogP contribution >= 0.6 is 0 Å². The van der Waals surface area contributed by atoms with Gasteiger partial charge in [-0.3, -0.25) is 0 Å². The molecule has 96 valence electrons. The van der Waals surface area contributed by atoms with E-state index in [2.05, 4.69) is 34.5 Å². The van der Waals surface area contributed by atoms with Gasteiger partial charge >= 0.3 is 0 Å². The van der Waals surface area contributed by atoms with E-state index in [1.54, 1.807) is 6.20 Å². The molecule has 0 aliphatic rings. The summed E-state index contributed by atoms with van der Waals surface area (Å²) >= 11 is 0. The lowest BCUT2D eigenvalue weighted by Crippen LogP contribution is -2.25. The van der Waals surface area contributed by atoms with E-state index in [1.165, 1.54) is 0 Å². The molecule has 0 unspecified atom stereocenters. The number of pyridine rings is 1. The van der Waals surface area contributed by atoms with E-state index in [1.807, 2.05) is 12.1 Å². The number of hydrogen-bond acceptors (Lipinski definition) is 5. The lowest BCUT2D eigenvalue weighted by molar-refractivity contribution is 0.303. The zero-order chi connectivity index (χ0) is 12.5. The van der Waals surface area contributed by atoms with Crippen molar-refractivity contribution in [1.29, 1.82) is 0 Å². The molecule has 0 saturated carbocycles. The number of nitrogen functional groups attached to an aromatic ring is 1. The molecule has 5 nitrogen and oxygen atoms in total. The summed E-state index contributed by atoms with van der Waals surface area (Å²) in [4.78, 5) is 6.47. The van der Waals surface area contributed by atoms with Crippen molar-refractivity contribution in [3.05, 3.63) is 18.3 Å². The molecule has 17 heavy (non-hydrogen) atoms. The second-order valence-electron chi connectivity index (χ2n) is 3.88. The van der Waals surface area contributed by atoms with E-state index in [-0.39, 0.29) is 0 Å². The van der Waals surface area contributed by atoms with Crippen molar-refractivity contribution in [3.63, 3.8) is 0 Å². The first kappa shape index (κ1) is 13.7. The number of hydrazine groups is 1. The predicted octanol–water partition coefficient (Wildman–Crippen LogP) is 1.51. The first-order chi connectivity index (χ1) is 8.30. The van der Waals surface area contributed by atoms with Crippen LogP contribution in [0, 0.1) is 0 Å². The minimum absolute atomic E-state index is 0.679. The third-order valence-electron chi connectivity index (χ3n) is 2.78. The largest absolute Gasteiger partial charge is 0.385 e. The third-order valence-corrected chi connectivity index (χ3v) is 2.78. The van der Waals surface area contributed by atoms with Gasteiger partial charge in [0.05, 0.1) is 0 Å². The molecular formula is C12H23N5. The Morgan fingerprint density at radius 2 is 2.12 bits per heavy atom. The van der Waals surface area contributed by atoms with Crippen LogP contribution in [0.1, 0.15) is 20.3 Å². The predicted molar refractivity (Wildman–Crippen MR) is 72.9 cm³/mol. The fourth-order valence-corrected chi connectivity index (χ4v) is 1.69. The van der Waals surface area contributed by atoms with Gasteiger partial charge in [-0.05, 0) is 32.1 Å². The highest BCUT2D eigenvalue weighted by Crippen LogP contribution is 2.10. The minimum atomic E-state index is 0.679. The molecule has 0 saturated heterocycles. The molecule has 0 radical (unpaired) electrons. The van der Waals surface area contributed by atoms with Gasteiger partial charge in [-0.15, -0.1) is 0 Å². The topological polar surface area (TPSA) is 66.2 Å². The van der Waals surface area contributed by atoms with Crippen LogP contribution in [0.25, 0.3) is 0 Å². The third kappa shape index (κ3) is 5.01. The van der Waals surface area contributed by atoms with Crippen LogP contribution in [0.15, 0.2) is 18.3 Å². The average Bonchev–Trinajstić information content (AvgIpc) is 2.39. The molecule has 0 atom stereocenters. The first-order valence-corrected chi connectivity index (χ1v) is 6.19. The number of rotatable bonds is 8. The zero-order valence-corrected chi connectivity index (χ0v) is 10.7. The van der Waals surface area contributed by atoms with Crippen LogP contribution in [0.3, 0.4) is 0 Å². The van der Waals surface area contributed by atoms with Crippen LogP contribution in [0.4, 0.5) is 11.5 Å². The fourth-order valence-electron chi connectivity index (χ4n) is 1.69. The summed E-state index contributed by atoms with van der Waals surface area (Å²) in [5.41, 5.74) is 3.58.